The SMILES string of the molecule is FC(F)(F)c1ccc2c(SCCCCCCn3cc(CCN4CCOCC4)nn3)ccnc2c1. The van der Waals surface area contributed by atoms with Crippen LogP contribution in [0.3, 0.4) is 0 Å². The van der Waals surface area contributed by atoms with Crippen molar-refractivity contribution in [2.24, 2.45) is 0 Å². The average Bonchev–Trinajstić information content (AvgIpc) is 3.29. The lowest BCUT2D eigenvalue weighted by Crippen LogP contribution is -2.37. The smallest absolute Gasteiger partial charge is 0.379 e. The number of pyridine rings is 1. The zero-order valence-electron chi connectivity index (χ0n) is 19.1. The number of nitrogens with zero attached hydrogens (tertiary/aromatic N) is 5. The molecule has 6 nitrogen and oxygen atoms in total. The zero-order valence-corrected chi connectivity index (χ0v) is 20.0. The molecule has 0 unspecified atom stereocenters. The number of benzene rings is 1. The molecule has 0 atom stereocenters. The largest absolute Gasteiger partial charge is 0.416 e. The van der Waals surface area contributed by atoms with Gasteiger partial charge in [-0.2, -0.15) is 13.2 Å². The predicted octanol–water partition coefficient (Wildman–Crippen LogP) is 5.07. The highest BCUT2D eigenvalue weighted by Gasteiger charge is 2.30. The molecule has 0 N–H and O–H groups in total. The minimum Gasteiger partial charge on any atom is -0.379 e. The van der Waals surface area contributed by atoms with Gasteiger partial charge in [0, 0.05) is 55.3 Å². The Kier molecular flexibility index (Phi) is 8.80. The molecular formula is C24H30F3N5OS. The fourth-order valence-corrected chi connectivity index (χ4v) is 5.05. The van der Waals surface area contributed by atoms with Crippen molar-refractivity contribution < 1.29 is 17.9 Å². The molecule has 1 fully saturated rings. The van der Waals surface area contributed by atoms with E-state index in [0.717, 1.165) is 105 Å². The number of aromatic nitrogens is 4. The first-order valence-electron chi connectivity index (χ1n) is 11.8. The summed E-state index contributed by atoms with van der Waals surface area (Å²) in [5.41, 5.74) is 0.762. The van der Waals surface area contributed by atoms with Gasteiger partial charge < -0.3 is 4.74 Å². The maximum atomic E-state index is 12.9. The third-order valence-electron chi connectivity index (χ3n) is 5.94. The number of ether oxygens (including phenoxy) is 1. The maximum Gasteiger partial charge on any atom is 0.416 e. The van der Waals surface area contributed by atoms with Gasteiger partial charge in [0.15, 0.2) is 0 Å². The molecule has 3 aromatic rings. The number of alkyl halides is 3. The van der Waals surface area contributed by atoms with E-state index in [1.807, 2.05) is 10.7 Å². The van der Waals surface area contributed by atoms with E-state index < -0.39 is 11.7 Å². The molecule has 0 radical (unpaired) electrons. The van der Waals surface area contributed by atoms with Gasteiger partial charge >= 0.3 is 6.18 Å². The molecule has 2 aromatic heterocycles. The summed E-state index contributed by atoms with van der Waals surface area (Å²) < 4.78 is 46.1. The molecule has 1 aliphatic rings. The standard InChI is InChI=1S/C24H30F3N5OS/c25-24(26,27)19-5-6-21-22(17-19)28-9-7-23(21)34-16-4-2-1-3-10-32-18-20(29-30-32)8-11-31-12-14-33-15-13-31/h5-7,9,17-18H,1-4,8,10-16H2. The first kappa shape index (κ1) is 24.9. The number of halogens is 3. The number of morpholine rings is 1. The second-order valence-electron chi connectivity index (χ2n) is 8.48. The van der Waals surface area contributed by atoms with E-state index in [1.54, 1.807) is 18.0 Å². The van der Waals surface area contributed by atoms with Gasteiger partial charge in [-0.15, -0.1) is 16.9 Å². The summed E-state index contributed by atoms with van der Waals surface area (Å²) in [4.78, 5) is 7.49. The number of hydrogen-bond donors (Lipinski definition) is 0. The van der Waals surface area contributed by atoms with Gasteiger partial charge in [-0.1, -0.05) is 24.1 Å². The molecular weight excluding hydrogens is 463 g/mol. The van der Waals surface area contributed by atoms with Crippen LogP contribution in [0.4, 0.5) is 13.2 Å². The van der Waals surface area contributed by atoms with Gasteiger partial charge in [0.25, 0.3) is 0 Å². The Balaban J connectivity index is 1.13. The van der Waals surface area contributed by atoms with Crippen molar-refractivity contribution in [2.75, 3.05) is 38.6 Å². The second-order valence-corrected chi connectivity index (χ2v) is 9.62. The quantitative estimate of drug-likeness (QED) is 0.275. The van der Waals surface area contributed by atoms with E-state index in [4.69, 9.17) is 4.74 Å². The van der Waals surface area contributed by atoms with Crippen molar-refractivity contribution in [3.8, 4) is 0 Å². The van der Waals surface area contributed by atoms with Crippen LogP contribution in [0.25, 0.3) is 10.9 Å². The van der Waals surface area contributed by atoms with Crippen LogP contribution in [0.5, 0.6) is 0 Å². The molecule has 1 saturated heterocycles. The first-order chi connectivity index (χ1) is 16.5. The Labute approximate surface area is 201 Å². The zero-order chi connectivity index (χ0) is 23.8. The molecule has 34 heavy (non-hydrogen) atoms. The van der Waals surface area contributed by atoms with Crippen molar-refractivity contribution >= 4 is 22.7 Å². The number of aryl methyl sites for hydroxylation is 1. The Morgan fingerprint density at radius 2 is 1.82 bits per heavy atom. The van der Waals surface area contributed by atoms with Gasteiger partial charge in [-0.25, -0.2) is 0 Å². The van der Waals surface area contributed by atoms with E-state index in [2.05, 4.69) is 26.4 Å². The summed E-state index contributed by atoms with van der Waals surface area (Å²) in [5.74, 6) is 0.926. The van der Waals surface area contributed by atoms with Gasteiger partial charge in [-0.3, -0.25) is 14.6 Å². The van der Waals surface area contributed by atoms with Crippen LogP contribution in [0.2, 0.25) is 0 Å². The first-order valence-corrected chi connectivity index (χ1v) is 12.8. The van der Waals surface area contributed by atoms with Gasteiger partial charge in [-0.05, 0) is 36.8 Å². The summed E-state index contributed by atoms with van der Waals surface area (Å²) in [6.07, 6.45) is 4.51. The summed E-state index contributed by atoms with van der Waals surface area (Å²) in [6, 6.07) is 5.66. The van der Waals surface area contributed by atoms with E-state index in [9.17, 15) is 13.2 Å². The minimum absolute atomic E-state index is 0.386. The van der Waals surface area contributed by atoms with E-state index in [0.29, 0.717) is 5.52 Å². The van der Waals surface area contributed by atoms with Crippen LogP contribution in [-0.4, -0.2) is 63.5 Å². The number of thioether (sulfide) groups is 1. The van der Waals surface area contributed by atoms with Gasteiger partial charge in [0.2, 0.25) is 0 Å². The number of rotatable bonds is 11. The van der Waals surface area contributed by atoms with Crippen molar-refractivity contribution in [1.82, 2.24) is 24.9 Å². The molecule has 0 bridgehead atoms. The van der Waals surface area contributed by atoms with Crippen LogP contribution in [0.1, 0.15) is 36.9 Å². The summed E-state index contributed by atoms with van der Waals surface area (Å²) in [7, 11) is 0. The monoisotopic (exact) mass is 493 g/mol. The normalized spacial score (nSPS) is 15.3. The summed E-state index contributed by atoms with van der Waals surface area (Å²) in [5, 5.41) is 9.31. The minimum atomic E-state index is -4.35. The number of hydrogen-bond acceptors (Lipinski definition) is 6. The maximum absolute atomic E-state index is 12.9. The second kappa shape index (κ2) is 12.0. The molecule has 0 saturated carbocycles. The van der Waals surface area contributed by atoms with Crippen LogP contribution in [0, 0.1) is 0 Å². The van der Waals surface area contributed by atoms with E-state index >= 15 is 0 Å². The molecule has 10 heteroatoms. The van der Waals surface area contributed by atoms with Crippen LogP contribution in [0.15, 0.2) is 41.6 Å². The number of fused-ring (bicyclic) bond motifs is 1. The van der Waals surface area contributed by atoms with Gasteiger partial charge in [0.05, 0.1) is 30.0 Å². The predicted molar refractivity (Wildman–Crippen MR) is 127 cm³/mol. The highest BCUT2D eigenvalue weighted by Crippen LogP contribution is 2.34. The molecule has 4 rings (SSSR count). The Morgan fingerprint density at radius 1 is 1.00 bits per heavy atom. The number of unbranched alkanes of at least 4 members (excludes halogenated alkanes) is 3. The van der Waals surface area contributed by atoms with Crippen molar-refractivity contribution in [2.45, 2.75) is 49.7 Å². The van der Waals surface area contributed by atoms with E-state index in [1.165, 1.54) is 6.07 Å². The van der Waals surface area contributed by atoms with Crippen LogP contribution in [-0.2, 0) is 23.9 Å². The van der Waals surface area contributed by atoms with Crippen molar-refractivity contribution in [1.29, 1.82) is 0 Å². The molecule has 184 valence electrons. The van der Waals surface area contributed by atoms with Crippen molar-refractivity contribution in [3.63, 3.8) is 0 Å². The molecule has 1 aliphatic heterocycles. The van der Waals surface area contributed by atoms with Gasteiger partial charge in [0.1, 0.15) is 0 Å². The van der Waals surface area contributed by atoms with Crippen LogP contribution >= 0.6 is 11.8 Å². The highest BCUT2D eigenvalue weighted by atomic mass is 32.2. The third kappa shape index (κ3) is 7.16. The lowest BCUT2D eigenvalue weighted by molar-refractivity contribution is -0.137. The van der Waals surface area contributed by atoms with E-state index in [-0.39, 0.29) is 0 Å². The molecule has 0 aliphatic carbocycles. The van der Waals surface area contributed by atoms with Crippen molar-refractivity contribution in [3.05, 3.63) is 47.9 Å². The lowest BCUT2D eigenvalue weighted by atomic mass is 10.1. The highest BCUT2D eigenvalue weighted by molar-refractivity contribution is 7.99. The molecule has 3 heterocycles. The van der Waals surface area contributed by atoms with Crippen LogP contribution < -0.4 is 0 Å². The fourth-order valence-electron chi connectivity index (χ4n) is 4.00. The summed E-state index contributed by atoms with van der Waals surface area (Å²) in [6.45, 7) is 5.47. The molecule has 0 amide bonds. The molecule has 0 spiro atoms. The average molecular weight is 494 g/mol. The topological polar surface area (TPSA) is 56.1 Å². The Hall–Kier alpha value is -2.17. The fraction of sp³-hybridized carbons (Fsp3) is 0.542. The Bertz CT molecular complexity index is 1050. The molecule has 1 aromatic carbocycles. The third-order valence-corrected chi connectivity index (χ3v) is 7.10. The summed E-state index contributed by atoms with van der Waals surface area (Å²) >= 11 is 1.68. The lowest BCUT2D eigenvalue weighted by Gasteiger charge is -2.25. The Morgan fingerprint density at radius 3 is 2.65 bits per heavy atom.